The monoisotopic (exact) mass is 500 g/mol. The van der Waals surface area contributed by atoms with Crippen LogP contribution < -0.4 is 20.1 Å². The van der Waals surface area contributed by atoms with E-state index in [0.29, 0.717) is 53.6 Å². The molecule has 0 bridgehead atoms. The van der Waals surface area contributed by atoms with Crippen LogP contribution in [0.15, 0.2) is 60.7 Å². The fraction of sp³-hybridized carbons (Fsp3) is 0.296. The van der Waals surface area contributed by atoms with E-state index in [1.54, 1.807) is 6.07 Å². The lowest BCUT2D eigenvalue weighted by molar-refractivity contribution is -0.116. The summed E-state index contributed by atoms with van der Waals surface area (Å²) in [6, 6.07) is 18.8. The predicted octanol–water partition coefficient (Wildman–Crippen LogP) is 7.57. The highest BCUT2D eigenvalue weighted by Crippen LogP contribution is 2.35. The lowest BCUT2D eigenvalue weighted by Crippen LogP contribution is -2.14. The molecule has 0 saturated carbocycles. The third kappa shape index (κ3) is 7.86. The average molecular weight is 501 g/mol. The van der Waals surface area contributed by atoms with Crippen LogP contribution in [0.5, 0.6) is 11.5 Å². The van der Waals surface area contributed by atoms with Gasteiger partial charge in [-0.3, -0.25) is 4.79 Å². The normalized spacial score (nSPS) is 10.8. The zero-order valence-electron chi connectivity index (χ0n) is 19.7. The van der Waals surface area contributed by atoms with Crippen LogP contribution in [-0.4, -0.2) is 12.5 Å². The second-order valence-electron chi connectivity index (χ2n) is 8.32. The molecule has 180 valence electrons. The van der Waals surface area contributed by atoms with Gasteiger partial charge in [0.15, 0.2) is 11.5 Å². The number of halogens is 2. The first kappa shape index (κ1) is 25.7. The molecule has 0 heterocycles. The fourth-order valence-corrected chi connectivity index (χ4v) is 3.67. The van der Waals surface area contributed by atoms with E-state index in [0.717, 1.165) is 22.5 Å². The van der Waals surface area contributed by atoms with Crippen LogP contribution in [0.1, 0.15) is 38.3 Å². The number of carbonyl (C=O) groups excluding carboxylic acids is 1. The summed E-state index contributed by atoms with van der Waals surface area (Å²) in [4.78, 5) is 12.1. The summed E-state index contributed by atoms with van der Waals surface area (Å²) >= 11 is 12.5. The van der Waals surface area contributed by atoms with Crippen molar-refractivity contribution in [1.82, 2.24) is 0 Å². The molecule has 0 saturated heterocycles. The quantitative estimate of drug-likeness (QED) is 0.285. The van der Waals surface area contributed by atoms with E-state index in [-0.39, 0.29) is 5.91 Å². The maximum atomic E-state index is 12.1. The molecule has 3 aromatic carbocycles. The van der Waals surface area contributed by atoms with E-state index in [9.17, 15) is 4.79 Å². The Morgan fingerprint density at radius 2 is 1.65 bits per heavy atom. The molecule has 7 heteroatoms. The summed E-state index contributed by atoms with van der Waals surface area (Å²) < 4.78 is 11.8. The van der Waals surface area contributed by atoms with Crippen molar-refractivity contribution in [3.05, 3.63) is 81.8 Å². The fourth-order valence-electron chi connectivity index (χ4n) is 3.32. The Morgan fingerprint density at radius 3 is 2.35 bits per heavy atom. The standard InChI is InChI=1S/C27H30Cl2N2O3/c1-4-33-25-13-20(24(29)15-26(25)34-17-19-8-10-21(28)11-9-19)16-30-22-6-5-7-23(14-22)31-27(32)12-18(2)3/h5-11,13-15,18,30H,4,12,16-17H2,1-3H3,(H,31,32). The molecule has 0 aliphatic rings. The summed E-state index contributed by atoms with van der Waals surface area (Å²) in [6.07, 6.45) is 0.486. The highest BCUT2D eigenvalue weighted by atomic mass is 35.5. The molecule has 0 aromatic heterocycles. The van der Waals surface area contributed by atoms with Crippen molar-refractivity contribution in [1.29, 1.82) is 0 Å². The predicted molar refractivity (Wildman–Crippen MR) is 140 cm³/mol. The molecule has 5 nitrogen and oxygen atoms in total. The molecular weight excluding hydrogens is 471 g/mol. The number of rotatable bonds is 11. The summed E-state index contributed by atoms with van der Waals surface area (Å²) in [6.45, 7) is 7.33. The van der Waals surface area contributed by atoms with Crippen LogP contribution >= 0.6 is 23.2 Å². The van der Waals surface area contributed by atoms with Crippen LogP contribution in [0.4, 0.5) is 11.4 Å². The maximum absolute atomic E-state index is 12.1. The molecule has 1 amide bonds. The van der Waals surface area contributed by atoms with Crippen molar-refractivity contribution in [2.75, 3.05) is 17.2 Å². The molecule has 0 spiro atoms. The highest BCUT2D eigenvalue weighted by molar-refractivity contribution is 6.31. The number of hydrogen-bond donors (Lipinski definition) is 2. The first-order valence-electron chi connectivity index (χ1n) is 11.3. The Labute approximate surface area is 211 Å². The van der Waals surface area contributed by atoms with Gasteiger partial charge in [-0.15, -0.1) is 0 Å². The summed E-state index contributed by atoms with van der Waals surface area (Å²) in [5.74, 6) is 1.53. The number of nitrogens with one attached hydrogen (secondary N) is 2. The van der Waals surface area contributed by atoms with E-state index in [1.165, 1.54) is 0 Å². The molecule has 3 aromatic rings. The molecule has 34 heavy (non-hydrogen) atoms. The van der Waals surface area contributed by atoms with Crippen LogP contribution in [0, 0.1) is 5.92 Å². The van der Waals surface area contributed by atoms with Crippen molar-refractivity contribution in [2.45, 2.75) is 40.3 Å². The molecule has 3 rings (SSSR count). The van der Waals surface area contributed by atoms with E-state index in [1.807, 2.05) is 75.4 Å². The summed E-state index contributed by atoms with van der Waals surface area (Å²) in [7, 11) is 0. The molecule has 2 N–H and O–H groups in total. The lowest BCUT2D eigenvalue weighted by Gasteiger charge is -2.16. The number of amides is 1. The largest absolute Gasteiger partial charge is 0.490 e. The number of ether oxygens (including phenoxy) is 2. The Balaban J connectivity index is 1.67. The van der Waals surface area contributed by atoms with E-state index < -0.39 is 0 Å². The van der Waals surface area contributed by atoms with Gasteiger partial charge < -0.3 is 20.1 Å². The summed E-state index contributed by atoms with van der Waals surface area (Å²) in [5.41, 5.74) is 3.49. The number of carbonyl (C=O) groups is 1. The zero-order valence-corrected chi connectivity index (χ0v) is 21.2. The van der Waals surface area contributed by atoms with Crippen molar-refractivity contribution in [3.8, 4) is 11.5 Å². The van der Waals surface area contributed by atoms with Gasteiger partial charge >= 0.3 is 0 Å². The van der Waals surface area contributed by atoms with Crippen molar-refractivity contribution in [2.24, 2.45) is 5.92 Å². The Bertz CT molecular complexity index is 1100. The Hall–Kier alpha value is -2.89. The number of hydrogen-bond acceptors (Lipinski definition) is 4. The molecule has 0 aliphatic carbocycles. The van der Waals surface area contributed by atoms with Crippen LogP contribution in [0.25, 0.3) is 0 Å². The number of benzene rings is 3. The lowest BCUT2D eigenvalue weighted by atomic mass is 10.1. The second kappa shape index (κ2) is 12.5. The zero-order chi connectivity index (χ0) is 24.5. The first-order valence-corrected chi connectivity index (χ1v) is 12.1. The van der Waals surface area contributed by atoms with Gasteiger partial charge in [-0.2, -0.15) is 0 Å². The van der Waals surface area contributed by atoms with Gasteiger partial charge in [-0.05, 0) is 60.4 Å². The highest BCUT2D eigenvalue weighted by Gasteiger charge is 2.12. The Morgan fingerprint density at radius 1 is 0.941 bits per heavy atom. The third-order valence-electron chi connectivity index (χ3n) is 4.94. The molecule has 0 aliphatic heterocycles. The van der Waals surface area contributed by atoms with Crippen LogP contribution in [0.3, 0.4) is 0 Å². The van der Waals surface area contributed by atoms with Crippen LogP contribution in [-0.2, 0) is 17.9 Å². The Kier molecular flexibility index (Phi) is 9.49. The van der Waals surface area contributed by atoms with Crippen molar-refractivity contribution in [3.63, 3.8) is 0 Å². The topological polar surface area (TPSA) is 59.6 Å². The van der Waals surface area contributed by atoms with E-state index in [4.69, 9.17) is 32.7 Å². The first-order chi connectivity index (χ1) is 16.3. The number of anilines is 2. The van der Waals surface area contributed by atoms with Gasteiger partial charge in [0.25, 0.3) is 0 Å². The molecule has 0 radical (unpaired) electrons. The van der Waals surface area contributed by atoms with Crippen molar-refractivity contribution < 1.29 is 14.3 Å². The smallest absolute Gasteiger partial charge is 0.224 e. The molecular formula is C27H30Cl2N2O3. The van der Waals surface area contributed by atoms with E-state index >= 15 is 0 Å². The minimum atomic E-state index is 0.00531. The molecule has 0 unspecified atom stereocenters. The second-order valence-corrected chi connectivity index (χ2v) is 9.16. The minimum Gasteiger partial charge on any atom is -0.490 e. The van der Waals surface area contributed by atoms with Gasteiger partial charge in [0, 0.05) is 40.5 Å². The van der Waals surface area contributed by atoms with Gasteiger partial charge in [-0.25, -0.2) is 0 Å². The van der Waals surface area contributed by atoms with Crippen molar-refractivity contribution >= 4 is 40.5 Å². The van der Waals surface area contributed by atoms with Gasteiger partial charge in [0.1, 0.15) is 6.61 Å². The van der Waals surface area contributed by atoms with Gasteiger partial charge in [0.05, 0.1) is 6.61 Å². The van der Waals surface area contributed by atoms with E-state index in [2.05, 4.69) is 10.6 Å². The van der Waals surface area contributed by atoms with Gasteiger partial charge in [-0.1, -0.05) is 55.2 Å². The summed E-state index contributed by atoms with van der Waals surface area (Å²) in [5, 5.41) is 7.56. The SMILES string of the molecule is CCOc1cc(CNc2cccc(NC(=O)CC(C)C)c2)c(Cl)cc1OCc1ccc(Cl)cc1. The molecule has 0 fully saturated rings. The van der Waals surface area contributed by atoms with Crippen LogP contribution in [0.2, 0.25) is 10.0 Å². The minimum absolute atomic E-state index is 0.00531. The maximum Gasteiger partial charge on any atom is 0.224 e. The van der Waals surface area contributed by atoms with Gasteiger partial charge in [0.2, 0.25) is 5.91 Å². The third-order valence-corrected chi connectivity index (χ3v) is 5.55. The average Bonchev–Trinajstić information content (AvgIpc) is 2.79. The molecule has 0 atom stereocenters.